The van der Waals surface area contributed by atoms with Crippen molar-refractivity contribution in [2.24, 2.45) is 5.92 Å². The molecule has 1 saturated carbocycles. The average Bonchev–Trinajstić information content (AvgIpc) is 3.12. The first kappa shape index (κ1) is 14.6. The molecule has 0 radical (unpaired) electrons. The number of rotatable bonds is 6. The molecule has 3 rings (SSSR count). The van der Waals surface area contributed by atoms with Crippen molar-refractivity contribution < 1.29 is 4.79 Å². The minimum Gasteiger partial charge on any atom is -0.384 e. The van der Waals surface area contributed by atoms with Crippen LogP contribution in [0.5, 0.6) is 0 Å². The molecule has 2 aromatic rings. The van der Waals surface area contributed by atoms with Crippen LogP contribution >= 0.6 is 0 Å². The molecule has 0 aromatic carbocycles. The maximum Gasteiger partial charge on any atom is 0.242 e. The van der Waals surface area contributed by atoms with Crippen LogP contribution in [0.4, 0.5) is 5.82 Å². The summed E-state index contributed by atoms with van der Waals surface area (Å²) < 4.78 is 3.34. The molecule has 0 saturated heterocycles. The second-order valence-electron chi connectivity index (χ2n) is 5.68. The highest BCUT2D eigenvalue weighted by Gasteiger charge is 2.36. The first-order valence-electron chi connectivity index (χ1n) is 7.55. The lowest BCUT2D eigenvalue weighted by molar-refractivity contribution is -0.122. The van der Waals surface area contributed by atoms with Crippen LogP contribution in [0.1, 0.15) is 37.3 Å². The van der Waals surface area contributed by atoms with Crippen molar-refractivity contribution in [1.82, 2.24) is 29.9 Å². The van der Waals surface area contributed by atoms with Crippen molar-refractivity contribution in [3.63, 3.8) is 0 Å². The largest absolute Gasteiger partial charge is 0.384 e. The quantitative estimate of drug-likeness (QED) is 0.815. The van der Waals surface area contributed by atoms with E-state index in [2.05, 4.69) is 20.5 Å². The maximum atomic E-state index is 12.3. The van der Waals surface area contributed by atoms with Crippen molar-refractivity contribution >= 4 is 11.7 Å². The van der Waals surface area contributed by atoms with Gasteiger partial charge in [-0.25, -0.2) is 14.3 Å². The number of hydrogen-bond acceptors (Lipinski definition) is 5. The summed E-state index contributed by atoms with van der Waals surface area (Å²) in [6, 6.07) is 1.66. The first-order chi connectivity index (χ1) is 10.6. The third-order valence-corrected chi connectivity index (χ3v) is 3.86. The maximum absolute atomic E-state index is 12.3. The van der Waals surface area contributed by atoms with Gasteiger partial charge in [0.1, 0.15) is 24.5 Å². The van der Waals surface area contributed by atoms with Crippen molar-refractivity contribution in [3.05, 3.63) is 23.9 Å². The van der Waals surface area contributed by atoms with Crippen molar-refractivity contribution in [2.75, 3.05) is 5.73 Å². The number of anilines is 1. The molecule has 1 amide bonds. The van der Waals surface area contributed by atoms with Crippen molar-refractivity contribution in [1.29, 1.82) is 0 Å². The lowest BCUT2D eigenvalue weighted by Crippen LogP contribution is -2.34. The van der Waals surface area contributed by atoms with Crippen LogP contribution in [0.2, 0.25) is 0 Å². The van der Waals surface area contributed by atoms with Crippen molar-refractivity contribution in [3.8, 4) is 0 Å². The van der Waals surface area contributed by atoms with Crippen molar-refractivity contribution in [2.45, 2.75) is 45.8 Å². The lowest BCUT2D eigenvalue weighted by Gasteiger charge is -2.18. The molecule has 118 valence electrons. The highest BCUT2D eigenvalue weighted by Crippen LogP contribution is 2.40. The predicted octanol–water partition coefficient (Wildman–Crippen LogP) is 0.653. The fraction of sp³-hybridized carbons (Fsp3) is 0.571. The lowest BCUT2D eigenvalue weighted by atomic mass is 10.1. The highest BCUT2D eigenvalue weighted by atomic mass is 16.2. The molecule has 1 fully saturated rings. The zero-order valence-electron chi connectivity index (χ0n) is 12.9. The Hall–Kier alpha value is -2.38. The minimum atomic E-state index is -0.114. The molecule has 2 heterocycles. The molecule has 0 unspecified atom stereocenters. The van der Waals surface area contributed by atoms with Crippen LogP contribution in [-0.2, 0) is 17.9 Å². The van der Waals surface area contributed by atoms with E-state index in [0.717, 1.165) is 30.9 Å². The zero-order chi connectivity index (χ0) is 15.7. The molecular formula is C14H21N7O. The summed E-state index contributed by atoms with van der Waals surface area (Å²) in [6.07, 6.45) is 3.74. The average molecular weight is 303 g/mol. The number of carbonyl (C=O) groups is 1. The summed E-state index contributed by atoms with van der Waals surface area (Å²) >= 11 is 0. The molecule has 3 N–H and O–H groups in total. The summed E-state index contributed by atoms with van der Waals surface area (Å²) in [5.41, 5.74) is 6.63. The Morgan fingerprint density at radius 1 is 1.50 bits per heavy atom. The molecule has 8 nitrogen and oxygen atoms in total. The normalized spacial score (nSPS) is 15.7. The van der Waals surface area contributed by atoms with Crippen LogP contribution < -0.4 is 11.1 Å². The van der Waals surface area contributed by atoms with E-state index >= 15 is 0 Å². The fourth-order valence-electron chi connectivity index (χ4n) is 2.63. The van der Waals surface area contributed by atoms with Gasteiger partial charge in [-0.15, -0.1) is 0 Å². The number of carbonyl (C=O) groups excluding carboxylic acids is 1. The number of nitrogens with two attached hydrogens (primary N) is 1. The van der Waals surface area contributed by atoms with Gasteiger partial charge in [0, 0.05) is 12.6 Å². The predicted molar refractivity (Wildman–Crippen MR) is 80.7 cm³/mol. The van der Waals surface area contributed by atoms with Gasteiger partial charge in [0.15, 0.2) is 0 Å². The molecule has 0 aliphatic heterocycles. The topological polar surface area (TPSA) is 104 Å². The van der Waals surface area contributed by atoms with Crippen LogP contribution in [0.25, 0.3) is 0 Å². The van der Waals surface area contributed by atoms with Crippen LogP contribution in [0.15, 0.2) is 12.4 Å². The van der Waals surface area contributed by atoms with E-state index in [1.165, 1.54) is 11.0 Å². The minimum absolute atomic E-state index is 0.0900. The fourth-order valence-corrected chi connectivity index (χ4v) is 2.63. The molecule has 2 aromatic heterocycles. The number of aromatic nitrogens is 5. The Bertz CT molecular complexity index is 671. The number of nitrogens with one attached hydrogen (secondary N) is 1. The third kappa shape index (κ3) is 2.95. The van der Waals surface area contributed by atoms with Gasteiger partial charge in [-0.1, -0.05) is 0 Å². The summed E-state index contributed by atoms with van der Waals surface area (Å²) in [5.74, 6) is 1.64. The van der Waals surface area contributed by atoms with Crippen LogP contribution in [-0.4, -0.2) is 30.5 Å². The van der Waals surface area contributed by atoms with E-state index in [9.17, 15) is 4.79 Å². The molecule has 8 heteroatoms. The number of nitrogen functional groups attached to an aromatic ring is 1. The van der Waals surface area contributed by atoms with Crippen LogP contribution in [0.3, 0.4) is 0 Å². The Balaban J connectivity index is 1.71. The SMILES string of the molecule is CCn1ncnc1[C@H](NC(=O)Cn1nc(C)cc1N)C1CC1. The standard InChI is InChI=1S/C14H21N7O/c1-3-20-14(16-8-17-20)13(10-4-5-10)18-12(22)7-21-11(15)6-9(2)19-21/h6,8,10,13H,3-5,7,15H2,1-2H3,(H,18,22)/t13-/m1/s1. The number of aryl methyl sites for hydroxylation is 2. The monoisotopic (exact) mass is 303 g/mol. The van der Waals surface area contributed by atoms with Gasteiger partial charge in [0.2, 0.25) is 5.91 Å². The molecule has 1 atom stereocenters. The Kier molecular flexibility index (Phi) is 3.82. The highest BCUT2D eigenvalue weighted by molar-refractivity contribution is 5.76. The summed E-state index contributed by atoms with van der Waals surface area (Å²) in [7, 11) is 0. The van der Waals surface area contributed by atoms with E-state index in [1.54, 1.807) is 6.07 Å². The van der Waals surface area contributed by atoms with Gasteiger partial charge in [-0.05, 0) is 32.6 Å². The molecule has 1 aliphatic carbocycles. The van der Waals surface area contributed by atoms with E-state index in [-0.39, 0.29) is 18.5 Å². The van der Waals surface area contributed by atoms with E-state index < -0.39 is 0 Å². The smallest absolute Gasteiger partial charge is 0.242 e. The van der Waals surface area contributed by atoms with Gasteiger partial charge in [-0.2, -0.15) is 10.2 Å². The van der Waals surface area contributed by atoms with Gasteiger partial charge < -0.3 is 11.1 Å². The molecule has 0 spiro atoms. The number of amides is 1. The molecule has 0 bridgehead atoms. The molecular weight excluding hydrogens is 282 g/mol. The molecule has 22 heavy (non-hydrogen) atoms. The Morgan fingerprint density at radius 2 is 2.27 bits per heavy atom. The van der Waals surface area contributed by atoms with E-state index in [4.69, 9.17) is 5.73 Å². The summed E-state index contributed by atoms with van der Waals surface area (Å²) in [5, 5.41) is 11.5. The second kappa shape index (κ2) is 5.78. The number of nitrogens with zero attached hydrogens (tertiary/aromatic N) is 5. The summed E-state index contributed by atoms with van der Waals surface area (Å²) in [4.78, 5) is 16.6. The van der Waals surface area contributed by atoms with Gasteiger partial charge in [0.05, 0.1) is 11.7 Å². The first-order valence-corrected chi connectivity index (χ1v) is 7.55. The summed E-state index contributed by atoms with van der Waals surface area (Å²) in [6.45, 7) is 4.71. The second-order valence-corrected chi connectivity index (χ2v) is 5.68. The van der Waals surface area contributed by atoms with Gasteiger partial charge in [-0.3, -0.25) is 4.79 Å². The Labute approximate surface area is 128 Å². The van der Waals surface area contributed by atoms with E-state index in [0.29, 0.717) is 11.7 Å². The Morgan fingerprint density at radius 3 is 2.86 bits per heavy atom. The van der Waals surface area contributed by atoms with Gasteiger partial charge >= 0.3 is 0 Å². The number of hydrogen-bond donors (Lipinski definition) is 2. The molecule has 1 aliphatic rings. The van der Waals surface area contributed by atoms with Crippen LogP contribution in [0, 0.1) is 12.8 Å². The van der Waals surface area contributed by atoms with Gasteiger partial charge in [0.25, 0.3) is 0 Å². The zero-order valence-corrected chi connectivity index (χ0v) is 12.9. The third-order valence-electron chi connectivity index (χ3n) is 3.86. The van der Waals surface area contributed by atoms with E-state index in [1.807, 2.05) is 18.5 Å².